The molecule has 0 saturated carbocycles. The molecule has 3 aromatic heterocycles. The van der Waals surface area contributed by atoms with Crippen molar-refractivity contribution >= 4 is 29.0 Å². The van der Waals surface area contributed by atoms with Gasteiger partial charge < -0.3 is 20.3 Å². The number of aromatic nitrogens is 4. The maximum absolute atomic E-state index is 14.3. The van der Waals surface area contributed by atoms with Crippen LogP contribution in [0.3, 0.4) is 0 Å². The van der Waals surface area contributed by atoms with Crippen LogP contribution in [0.2, 0.25) is 0 Å². The summed E-state index contributed by atoms with van der Waals surface area (Å²) < 4.78 is 16.9. The third kappa shape index (κ3) is 3.63. The van der Waals surface area contributed by atoms with E-state index < -0.39 is 23.9 Å². The van der Waals surface area contributed by atoms with Gasteiger partial charge in [0.05, 0.1) is 30.8 Å². The van der Waals surface area contributed by atoms with Crippen LogP contribution in [0.5, 0.6) is 0 Å². The number of amides is 1. The molecule has 3 N–H and O–H groups in total. The van der Waals surface area contributed by atoms with Crippen LogP contribution in [-0.4, -0.2) is 48.7 Å². The number of anilines is 1. The Balaban J connectivity index is 1.74. The van der Waals surface area contributed by atoms with Gasteiger partial charge in [-0.2, -0.15) is 5.10 Å². The highest BCUT2D eigenvalue weighted by Crippen LogP contribution is 2.34. The highest BCUT2D eigenvalue weighted by molar-refractivity contribution is 6.18. The number of rotatable bonds is 6. The fraction of sp³-hybridized carbons (Fsp3) is 0.368. The molecule has 11 heteroatoms. The van der Waals surface area contributed by atoms with E-state index in [2.05, 4.69) is 10.1 Å². The van der Waals surface area contributed by atoms with Crippen molar-refractivity contribution < 1.29 is 14.3 Å². The van der Waals surface area contributed by atoms with Gasteiger partial charge in [0.25, 0.3) is 11.5 Å². The van der Waals surface area contributed by atoms with Crippen molar-refractivity contribution in [3.05, 3.63) is 58.0 Å². The molecule has 2 atom stereocenters. The molecule has 4 rings (SSSR count). The quantitative estimate of drug-likeness (QED) is 0.560. The zero-order valence-electron chi connectivity index (χ0n) is 15.9. The number of carbonyl (C=O) groups is 1. The number of aliphatic hydroxyl groups is 1. The van der Waals surface area contributed by atoms with E-state index >= 15 is 0 Å². The first-order valence-corrected chi connectivity index (χ1v) is 9.97. The number of primary amides is 1. The van der Waals surface area contributed by atoms with Gasteiger partial charge in [0.2, 0.25) is 0 Å². The van der Waals surface area contributed by atoms with Crippen molar-refractivity contribution in [2.75, 3.05) is 17.3 Å². The maximum atomic E-state index is 14.3. The average Bonchev–Trinajstić information content (AvgIpc) is 3.36. The third-order valence-electron chi connectivity index (χ3n) is 5.19. The van der Waals surface area contributed by atoms with Crippen LogP contribution in [0.25, 0.3) is 5.65 Å². The molecule has 0 aliphatic carbocycles. The predicted octanol–water partition coefficient (Wildman–Crippen LogP) is 1.07. The van der Waals surface area contributed by atoms with Crippen LogP contribution in [0.4, 0.5) is 10.2 Å². The Morgan fingerprint density at radius 1 is 1.47 bits per heavy atom. The first-order chi connectivity index (χ1) is 14.4. The Bertz CT molecular complexity index is 1160. The van der Waals surface area contributed by atoms with E-state index in [4.69, 9.17) is 17.3 Å². The number of halogens is 2. The summed E-state index contributed by atoms with van der Waals surface area (Å²) >= 11 is 5.62. The normalized spacial score (nSPS) is 17.6. The average molecular weight is 435 g/mol. The second-order valence-electron chi connectivity index (χ2n) is 7.21. The molecule has 0 unspecified atom stereocenters. The Hall–Kier alpha value is -2.98. The fourth-order valence-electron chi connectivity index (χ4n) is 3.83. The summed E-state index contributed by atoms with van der Waals surface area (Å²) in [6.45, 7) is 0.510. The van der Waals surface area contributed by atoms with E-state index in [0.717, 1.165) is 17.2 Å². The Kier molecular flexibility index (Phi) is 5.44. The fourth-order valence-corrected chi connectivity index (χ4v) is 3.93. The van der Waals surface area contributed by atoms with Crippen LogP contribution in [0.1, 0.15) is 34.8 Å². The third-order valence-corrected chi connectivity index (χ3v) is 5.55. The molecular weight excluding hydrogens is 415 g/mol. The first kappa shape index (κ1) is 20.3. The molecule has 1 amide bonds. The molecule has 1 fully saturated rings. The smallest absolute Gasteiger partial charge is 0.256 e. The lowest BCUT2D eigenvalue weighted by atomic mass is 10.1. The van der Waals surface area contributed by atoms with Gasteiger partial charge in [-0.3, -0.25) is 9.59 Å². The first-order valence-electron chi connectivity index (χ1n) is 9.43. The van der Waals surface area contributed by atoms with E-state index in [1.165, 1.54) is 16.8 Å². The lowest BCUT2D eigenvalue weighted by molar-refractivity contribution is 0.100. The van der Waals surface area contributed by atoms with Crippen molar-refractivity contribution in [3.63, 3.8) is 0 Å². The highest BCUT2D eigenvalue weighted by Gasteiger charge is 2.30. The van der Waals surface area contributed by atoms with Gasteiger partial charge in [0, 0.05) is 24.5 Å². The van der Waals surface area contributed by atoms with Gasteiger partial charge in [-0.05, 0) is 25.0 Å². The van der Waals surface area contributed by atoms with Crippen molar-refractivity contribution in [2.45, 2.75) is 31.5 Å². The van der Waals surface area contributed by atoms with Gasteiger partial charge in [-0.15, -0.1) is 11.6 Å². The van der Waals surface area contributed by atoms with Crippen molar-refractivity contribution in [2.24, 2.45) is 5.73 Å². The van der Waals surface area contributed by atoms with E-state index in [-0.39, 0.29) is 29.1 Å². The van der Waals surface area contributed by atoms with Crippen LogP contribution in [0, 0.1) is 5.82 Å². The van der Waals surface area contributed by atoms with E-state index in [0.29, 0.717) is 24.4 Å². The number of hydrogen-bond donors (Lipinski definition) is 2. The molecule has 0 radical (unpaired) electrons. The van der Waals surface area contributed by atoms with Gasteiger partial charge in [-0.1, -0.05) is 0 Å². The summed E-state index contributed by atoms with van der Waals surface area (Å²) in [6, 6.07) is 2.54. The number of hydrogen-bond acceptors (Lipinski definition) is 6. The van der Waals surface area contributed by atoms with Gasteiger partial charge in [-0.25, -0.2) is 13.9 Å². The largest absolute Gasteiger partial charge is 0.390 e. The molecule has 4 heterocycles. The highest BCUT2D eigenvalue weighted by atomic mass is 35.5. The minimum Gasteiger partial charge on any atom is -0.390 e. The van der Waals surface area contributed by atoms with Crippen molar-refractivity contribution in [1.29, 1.82) is 0 Å². The summed E-state index contributed by atoms with van der Waals surface area (Å²) in [7, 11) is 0. The van der Waals surface area contributed by atoms with Crippen molar-refractivity contribution in [1.82, 2.24) is 19.2 Å². The van der Waals surface area contributed by atoms with Gasteiger partial charge in [0.1, 0.15) is 17.2 Å². The predicted molar refractivity (Wildman–Crippen MR) is 108 cm³/mol. The molecule has 9 nitrogen and oxygen atoms in total. The Morgan fingerprint density at radius 3 is 3.00 bits per heavy atom. The summed E-state index contributed by atoms with van der Waals surface area (Å²) in [5, 5.41) is 13.8. The molecule has 0 bridgehead atoms. The summed E-state index contributed by atoms with van der Waals surface area (Å²) in [5.41, 5.74) is 5.78. The molecule has 0 spiro atoms. The molecule has 0 aromatic carbocycles. The van der Waals surface area contributed by atoms with Crippen LogP contribution in [-0.2, 0) is 6.54 Å². The SMILES string of the molecule is NC(=O)c1cnn2ccc(N3CCC[C@@H]3c3cc(F)cn(C[C@H](O)CCl)c3=O)nc12. The number of nitrogens with zero attached hydrogens (tertiary/aromatic N) is 5. The Morgan fingerprint density at radius 2 is 2.27 bits per heavy atom. The maximum Gasteiger partial charge on any atom is 0.256 e. The lowest BCUT2D eigenvalue weighted by Crippen LogP contribution is -2.34. The molecule has 158 valence electrons. The summed E-state index contributed by atoms with van der Waals surface area (Å²) in [6.07, 6.45) is 4.52. The molecule has 1 saturated heterocycles. The topological polar surface area (TPSA) is 119 Å². The summed E-state index contributed by atoms with van der Waals surface area (Å²) in [4.78, 5) is 31.0. The molecule has 30 heavy (non-hydrogen) atoms. The number of fused-ring (bicyclic) bond motifs is 1. The molecule has 1 aliphatic rings. The number of alkyl halides is 1. The minimum absolute atomic E-state index is 0.0642. The van der Waals surface area contributed by atoms with E-state index in [9.17, 15) is 19.1 Å². The van der Waals surface area contributed by atoms with Gasteiger partial charge >= 0.3 is 0 Å². The number of nitrogens with two attached hydrogens (primary N) is 1. The zero-order valence-corrected chi connectivity index (χ0v) is 16.7. The molecule has 3 aromatic rings. The van der Waals surface area contributed by atoms with E-state index in [1.807, 2.05) is 4.90 Å². The van der Waals surface area contributed by atoms with E-state index in [1.54, 1.807) is 12.3 Å². The standard InChI is InChI=1S/C19H20ClFN6O3/c20-7-12(28)10-25-9-11(21)6-13(19(25)30)15-2-1-4-26(15)16-3-5-27-18(24-16)14(8-23-27)17(22)29/h3,5-6,8-9,12,15,28H,1-2,4,7,10H2,(H2,22,29)/t12-,15-/m1/s1. The monoisotopic (exact) mass is 434 g/mol. The second-order valence-corrected chi connectivity index (χ2v) is 7.52. The van der Waals surface area contributed by atoms with Crippen LogP contribution < -0.4 is 16.2 Å². The van der Waals surface area contributed by atoms with Crippen LogP contribution in [0.15, 0.2) is 35.5 Å². The molecular formula is C19H20ClFN6O3. The van der Waals surface area contributed by atoms with Gasteiger partial charge in [0.15, 0.2) is 5.65 Å². The molecule has 1 aliphatic heterocycles. The van der Waals surface area contributed by atoms with Crippen molar-refractivity contribution in [3.8, 4) is 0 Å². The zero-order chi connectivity index (χ0) is 21.4. The number of pyridine rings is 1. The second kappa shape index (κ2) is 8.04. The summed E-state index contributed by atoms with van der Waals surface area (Å²) in [5.74, 6) is -0.748. The Labute approximate surface area is 175 Å². The minimum atomic E-state index is -0.961. The van der Waals surface area contributed by atoms with Crippen LogP contribution >= 0.6 is 11.6 Å². The number of aliphatic hydroxyl groups excluding tert-OH is 1. The lowest BCUT2D eigenvalue weighted by Gasteiger charge is -2.26. The number of carbonyl (C=O) groups excluding carboxylic acids is 1.